The number of piperazine rings is 1. The summed E-state index contributed by atoms with van der Waals surface area (Å²) >= 11 is 0. The minimum atomic E-state index is -0.195. The molecule has 0 bridgehead atoms. The van der Waals surface area contributed by atoms with Gasteiger partial charge in [0.1, 0.15) is 5.82 Å². The molecule has 1 aliphatic heterocycles. The number of anilines is 1. The SMILES string of the molecule is CCOc1nn(C)cc1Cc1ncc(C)c(C2=CCc3c(NC(=O)[C@@H](C)N4CCN(C)C[C@@H]4C)cccc32)n1. The van der Waals surface area contributed by atoms with E-state index in [1.54, 1.807) is 4.68 Å². The third-order valence-corrected chi connectivity index (χ3v) is 7.77. The van der Waals surface area contributed by atoms with Crippen molar-refractivity contribution >= 4 is 17.2 Å². The van der Waals surface area contributed by atoms with Gasteiger partial charge in [-0.05, 0) is 63.9 Å². The van der Waals surface area contributed by atoms with E-state index in [1.807, 2.05) is 52.3 Å². The van der Waals surface area contributed by atoms with Crippen LogP contribution in [0, 0.1) is 6.92 Å². The van der Waals surface area contributed by atoms with Crippen LogP contribution in [0.3, 0.4) is 0 Å². The predicted octanol–water partition coefficient (Wildman–Crippen LogP) is 3.46. The second-order valence-electron chi connectivity index (χ2n) is 10.7. The fraction of sp³-hybridized carbons (Fsp3) is 0.467. The second-order valence-corrected chi connectivity index (χ2v) is 10.7. The summed E-state index contributed by atoms with van der Waals surface area (Å²) in [5.41, 5.74) is 7.09. The normalized spacial score (nSPS) is 18.5. The molecule has 1 aliphatic carbocycles. The molecule has 2 aromatic heterocycles. The van der Waals surface area contributed by atoms with Crippen LogP contribution >= 0.6 is 0 Å². The van der Waals surface area contributed by atoms with Crippen molar-refractivity contribution in [3.63, 3.8) is 0 Å². The number of nitrogens with zero attached hydrogens (tertiary/aromatic N) is 6. The summed E-state index contributed by atoms with van der Waals surface area (Å²) in [4.78, 5) is 27.5. The molecule has 0 radical (unpaired) electrons. The highest BCUT2D eigenvalue weighted by molar-refractivity contribution is 5.97. The number of hydrogen-bond donors (Lipinski definition) is 1. The Labute approximate surface area is 230 Å². The molecule has 1 saturated heterocycles. The molecule has 0 spiro atoms. The van der Waals surface area contributed by atoms with Crippen molar-refractivity contribution in [2.45, 2.75) is 52.6 Å². The van der Waals surface area contributed by atoms with Crippen molar-refractivity contribution in [2.75, 3.05) is 38.6 Å². The maximum absolute atomic E-state index is 13.3. The molecule has 2 aliphatic rings. The van der Waals surface area contributed by atoms with E-state index in [0.29, 0.717) is 24.9 Å². The number of fused-ring (bicyclic) bond motifs is 1. The highest BCUT2D eigenvalue weighted by atomic mass is 16.5. The van der Waals surface area contributed by atoms with Crippen LogP contribution in [0.25, 0.3) is 5.57 Å². The Balaban J connectivity index is 1.36. The Bertz CT molecular complexity index is 1400. The van der Waals surface area contributed by atoms with Crippen molar-refractivity contribution in [1.29, 1.82) is 0 Å². The molecule has 1 amide bonds. The second kappa shape index (κ2) is 11.3. The fourth-order valence-corrected chi connectivity index (χ4v) is 5.73. The summed E-state index contributed by atoms with van der Waals surface area (Å²) in [6.07, 6.45) is 7.33. The van der Waals surface area contributed by atoms with Crippen LogP contribution in [0.15, 0.2) is 36.7 Å². The molecule has 206 valence electrons. The van der Waals surface area contributed by atoms with E-state index in [-0.39, 0.29) is 11.9 Å². The number of amides is 1. The minimum absolute atomic E-state index is 0.0373. The number of benzene rings is 1. The number of ether oxygens (including phenoxy) is 1. The standard InChI is InChI=1S/C30H39N7O2/c1-7-39-30-22(18-36(6)34-30)15-27-31-16-19(2)28(33-27)25-12-11-24-23(25)9-8-10-26(24)32-29(38)21(4)37-14-13-35(5)17-20(37)3/h8-10,12,16,18,20-21H,7,11,13-15,17H2,1-6H3,(H,32,38)/t20-,21+/m0/s1. The molecule has 3 heterocycles. The van der Waals surface area contributed by atoms with Gasteiger partial charge in [-0.2, -0.15) is 0 Å². The van der Waals surface area contributed by atoms with E-state index < -0.39 is 0 Å². The maximum Gasteiger partial charge on any atom is 0.241 e. The number of likely N-dealkylation sites (N-methyl/N-ethyl adjacent to an activating group) is 1. The number of carbonyl (C=O) groups is 1. The van der Waals surface area contributed by atoms with Gasteiger partial charge in [-0.15, -0.1) is 5.10 Å². The van der Waals surface area contributed by atoms with Crippen LogP contribution in [0.1, 0.15) is 54.5 Å². The molecular weight excluding hydrogens is 490 g/mol. The number of hydrogen-bond acceptors (Lipinski definition) is 7. The first-order valence-electron chi connectivity index (χ1n) is 13.8. The highest BCUT2D eigenvalue weighted by Gasteiger charge is 2.30. The molecular formula is C30H39N7O2. The first-order chi connectivity index (χ1) is 18.7. The topological polar surface area (TPSA) is 88.4 Å². The summed E-state index contributed by atoms with van der Waals surface area (Å²) in [7, 11) is 4.02. The van der Waals surface area contributed by atoms with Crippen LogP contribution in [0.5, 0.6) is 5.88 Å². The van der Waals surface area contributed by atoms with Crippen molar-refractivity contribution < 1.29 is 9.53 Å². The summed E-state index contributed by atoms with van der Waals surface area (Å²) in [5, 5.41) is 7.65. The lowest BCUT2D eigenvalue weighted by Gasteiger charge is -2.41. The molecule has 5 rings (SSSR count). The Morgan fingerprint density at radius 1 is 1.26 bits per heavy atom. The molecule has 0 unspecified atom stereocenters. The molecule has 1 fully saturated rings. The summed E-state index contributed by atoms with van der Waals surface area (Å²) < 4.78 is 7.46. The Kier molecular flexibility index (Phi) is 7.81. The number of carbonyl (C=O) groups excluding carboxylic acids is 1. The van der Waals surface area contributed by atoms with E-state index in [4.69, 9.17) is 9.72 Å². The quantitative estimate of drug-likeness (QED) is 0.478. The number of aromatic nitrogens is 4. The summed E-state index contributed by atoms with van der Waals surface area (Å²) in [5.74, 6) is 1.38. The molecule has 9 nitrogen and oxygen atoms in total. The third kappa shape index (κ3) is 5.60. The molecule has 1 N–H and O–H groups in total. The van der Waals surface area contributed by atoms with Crippen molar-refractivity contribution in [2.24, 2.45) is 7.05 Å². The average Bonchev–Trinajstić information content (AvgIpc) is 3.48. The first-order valence-corrected chi connectivity index (χ1v) is 13.8. The van der Waals surface area contributed by atoms with Crippen LogP contribution in [-0.2, 0) is 24.7 Å². The predicted molar refractivity (Wildman–Crippen MR) is 153 cm³/mol. The van der Waals surface area contributed by atoms with Gasteiger partial charge in [0.2, 0.25) is 11.8 Å². The third-order valence-electron chi connectivity index (χ3n) is 7.77. The summed E-state index contributed by atoms with van der Waals surface area (Å²) in [6.45, 7) is 11.6. The van der Waals surface area contributed by atoms with E-state index in [0.717, 1.165) is 71.1 Å². The first kappa shape index (κ1) is 27.0. The van der Waals surface area contributed by atoms with E-state index in [2.05, 4.69) is 51.3 Å². The van der Waals surface area contributed by atoms with Gasteiger partial charge < -0.3 is 15.0 Å². The highest BCUT2D eigenvalue weighted by Crippen LogP contribution is 2.37. The lowest BCUT2D eigenvalue weighted by Crippen LogP contribution is -2.56. The number of nitrogens with one attached hydrogen (secondary N) is 1. The maximum atomic E-state index is 13.3. The van der Waals surface area contributed by atoms with Gasteiger partial charge in [0, 0.05) is 68.4 Å². The number of rotatable bonds is 8. The minimum Gasteiger partial charge on any atom is -0.477 e. The van der Waals surface area contributed by atoms with Gasteiger partial charge in [0.25, 0.3) is 0 Å². The Hall–Kier alpha value is -3.56. The Morgan fingerprint density at radius 3 is 2.85 bits per heavy atom. The smallest absolute Gasteiger partial charge is 0.241 e. The Morgan fingerprint density at radius 2 is 2.08 bits per heavy atom. The monoisotopic (exact) mass is 529 g/mol. The van der Waals surface area contributed by atoms with Gasteiger partial charge >= 0.3 is 0 Å². The molecule has 1 aromatic carbocycles. The zero-order valence-electron chi connectivity index (χ0n) is 23.9. The molecule has 2 atom stereocenters. The zero-order chi connectivity index (χ0) is 27.7. The van der Waals surface area contributed by atoms with Crippen LogP contribution in [0.2, 0.25) is 0 Å². The van der Waals surface area contributed by atoms with Gasteiger partial charge in [0.15, 0.2) is 0 Å². The van der Waals surface area contributed by atoms with Gasteiger partial charge in [-0.1, -0.05) is 18.2 Å². The average molecular weight is 530 g/mol. The van der Waals surface area contributed by atoms with Gasteiger partial charge in [-0.25, -0.2) is 9.97 Å². The molecule has 3 aromatic rings. The molecule has 9 heteroatoms. The van der Waals surface area contributed by atoms with Crippen molar-refractivity contribution in [3.8, 4) is 5.88 Å². The lowest BCUT2D eigenvalue weighted by molar-refractivity contribution is -0.122. The van der Waals surface area contributed by atoms with Crippen molar-refractivity contribution in [1.82, 2.24) is 29.5 Å². The van der Waals surface area contributed by atoms with E-state index in [1.165, 1.54) is 0 Å². The summed E-state index contributed by atoms with van der Waals surface area (Å²) in [6, 6.07) is 6.28. The fourth-order valence-electron chi connectivity index (χ4n) is 5.73. The molecule has 0 saturated carbocycles. The zero-order valence-corrected chi connectivity index (χ0v) is 23.9. The molecule has 39 heavy (non-hydrogen) atoms. The lowest BCUT2D eigenvalue weighted by atomic mass is 9.99. The van der Waals surface area contributed by atoms with Crippen molar-refractivity contribution in [3.05, 3.63) is 70.4 Å². The van der Waals surface area contributed by atoms with Gasteiger partial charge in [-0.3, -0.25) is 14.4 Å². The van der Waals surface area contributed by atoms with Crippen LogP contribution in [-0.4, -0.2) is 80.8 Å². The van der Waals surface area contributed by atoms with Crippen LogP contribution < -0.4 is 10.1 Å². The number of allylic oxidation sites excluding steroid dienone is 1. The van der Waals surface area contributed by atoms with Gasteiger partial charge in [0.05, 0.1) is 18.3 Å². The van der Waals surface area contributed by atoms with E-state index >= 15 is 0 Å². The van der Waals surface area contributed by atoms with Crippen LogP contribution in [0.4, 0.5) is 5.69 Å². The largest absolute Gasteiger partial charge is 0.477 e. The number of aryl methyl sites for hydroxylation is 2. The van der Waals surface area contributed by atoms with E-state index in [9.17, 15) is 4.79 Å².